The number of hydrogen-bond acceptors (Lipinski definition) is 5. The van der Waals surface area contributed by atoms with Gasteiger partial charge in [-0.2, -0.15) is 0 Å². The summed E-state index contributed by atoms with van der Waals surface area (Å²) in [6.45, 7) is 0. The second-order valence-corrected chi connectivity index (χ2v) is 4.08. The third-order valence-corrected chi connectivity index (χ3v) is 2.58. The molecule has 0 aliphatic rings. The zero-order valence-electron chi connectivity index (χ0n) is 10.9. The van der Waals surface area contributed by atoms with Crippen LogP contribution >= 0.6 is 0 Å². The smallest absolute Gasteiger partial charge is 0.196 e. The molecule has 0 saturated carbocycles. The van der Waals surface area contributed by atoms with Crippen molar-refractivity contribution in [1.29, 1.82) is 0 Å². The third-order valence-electron chi connectivity index (χ3n) is 2.58. The van der Waals surface area contributed by atoms with E-state index in [4.69, 9.17) is 16.2 Å². The van der Waals surface area contributed by atoms with E-state index < -0.39 is 0 Å². The molecule has 0 aliphatic carbocycles. The molecule has 2 rings (SSSR count). The average Bonchev–Trinajstić information content (AvgIpc) is 2.38. The van der Waals surface area contributed by atoms with Crippen molar-refractivity contribution in [3.8, 4) is 5.75 Å². The highest BCUT2D eigenvalue weighted by Crippen LogP contribution is 2.33. The Labute approximate surface area is 111 Å². The Hall–Kier alpha value is -2.63. The average molecular weight is 258 g/mol. The largest absolute Gasteiger partial charge is 0.495 e. The summed E-state index contributed by atoms with van der Waals surface area (Å²) in [6.07, 6.45) is 3.77. The minimum absolute atomic E-state index is 0.461. The Kier molecular flexibility index (Phi) is 3.61. The molecule has 19 heavy (non-hydrogen) atoms. The molecule has 0 saturated heterocycles. The number of benzene rings is 1. The van der Waals surface area contributed by atoms with Crippen LogP contribution in [0.2, 0.25) is 0 Å². The first kappa shape index (κ1) is 12.8. The van der Waals surface area contributed by atoms with Gasteiger partial charge in [0.05, 0.1) is 18.5 Å². The molecule has 0 fully saturated rings. The molecule has 1 aromatic heterocycles. The SMILES string of the molecule is COc1cc(N=Nc2ccc[n+](C)c2)c(N)cc1N. The van der Waals surface area contributed by atoms with Crippen molar-refractivity contribution < 1.29 is 9.30 Å². The van der Waals surface area contributed by atoms with Gasteiger partial charge in [0.15, 0.2) is 12.4 Å². The van der Waals surface area contributed by atoms with Crippen LogP contribution < -0.4 is 20.8 Å². The molecule has 0 bridgehead atoms. The van der Waals surface area contributed by atoms with Gasteiger partial charge < -0.3 is 16.2 Å². The first-order valence-corrected chi connectivity index (χ1v) is 5.70. The molecule has 4 N–H and O–H groups in total. The van der Waals surface area contributed by atoms with Crippen LogP contribution in [0.5, 0.6) is 5.75 Å². The van der Waals surface area contributed by atoms with E-state index >= 15 is 0 Å². The number of hydrogen-bond donors (Lipinski definition) is 2. The molecule has 6 nitrogen and oxygen atoms in total. The molecule has 2 aromatic rings. The van der Waals surface area contributed by atoms with E-state index in [1.807, 2.05) is 36.1 Å². The number of pyridine rings is 1. The van der Waals surface area contributed by atoms with Crippen molar-refractivity contribution in [2.45, 2.75) is 0 Å². The molecule has 6 heteroatoms. The second-order valence-electron chi connectivity index (χ2n) is 4.08. The second kappa shape index (κ2) is 5.34. The van der Waals surface area contributed by atoms with Gasteiger partial charge in [-0.1, -0.05) is 0 Å². The van der Waals surface area contributed by atoms with Crippen molar-refractivity contribution in [2.75, 3.05) is 18.6 Å². The van der Waals surface area contributed by atoms with Crippen molar-refractivity contribution in [1.82, 2.24) is 0 Å². The topological polar surface area (TPSA) is 89.9 Å². The van der Waals surface area contributed by atoms with Gasteiger partial charge in [-0.3, -0.25) is 0 Å². The Balaban J connectivity index is 2.33. The van der Waals surface area contributed by atoms with E-state index in [-0.39, 0.29) is 0 Å². The fourth-order valence-corrected chi connectivity index (χ4v) is 1.61. The molecule has 0 aliphatic heterocycles. The lowest BCUT2D eigenvalue weighted by molar-refractivity contribution is -0.670. The number of azo groups is 1. The maximum Gasteiger partial charge on any atom is 0.196 e. The van der Waals surface area contributed by atoms with Crippen molar-refractivity contribution in [2.24, 2.45) is 17.3 Å². The lowest BCUT2D eigenvalue weighted by atomic mass is 10.2. The normalized spacial score (nSPS) is 10.8. The zero-order valence-corrected chi connectivity index (χ0v) is 10.9. The minimum Gasteiger partial charge on any atom is -0.495 e. The fraction of sp³-hybridized carbons (Fsp3) is 0.154. The third kappa shape index (κ3) is 2.98. The summed E-state index contributed by atoms with van der Waals surface area (Å²) in [7, 11) is 3.46. The number of nitrogens with zero attached hydrogens (tertiary/aromatic N) is 3. The number of rotatable bonds is 3. The number of aromatic nitrogens is 1. The molecule has 1 aromatic carbocycles. The minimum atomic E-state index is 0.461. The van der Waals surface area contributed by atoms with Gasteiger partial charge in [0.25, 0.3) is 0 Å². The monoisotopic (exact) mass is 258 g/mol. The molecule has 0 unspecified atom stereocenters. The summed E-state index contributed by atoms with van der Waals surface area (Å²) in [5, 5.41) is 8.25. The molecule has 0 atom stereocenters. The van der Waals surface area contributed by atoms with E-state index in [1.54, 1.807) is 19.2 Å². The Morgan fingerprint density at radius 3 is 2.63 bits per heavy atom. The van der Waals surface area contributed by atoms with Gasteiger partial charge in [0, 0.05) is 12.1 Å². The quantitative estimate of drug-likeness (QED) is 0.502. The van der Waals surface area contributed by atoms with E-state index in [9.17, 15) is 0 Å². The predicted molar refractivity (Wildman–Crippen MR) is 73.6 cm³/mol. The molecular weight excluding hydrogens is 242 g/mol. The van der Waals surface area contributed by atoms with E-state index in [2.05, 4.69) is 10.2 Å². The van der Waals surface area contributed by atoms with E-state index in [0.29, 0.717) is 22.8 Å². The lowest BCUT2D eigenvalue weighted by Gasteiger charge is -2.06. The first-order chi connectivity index (χ1) is 9.10. The standard InChI is InChI=1S/C13H16N5O/c1-18-5-3-4-9(8-18)16-17-12-7-13(19-2)11(15)6-10(12)14/h3-8H,14-15H2,1-2H3/q+1. The molecule has 1 heterocycles. The van der Waals surface area contributed by atoms with Gasteiger partial charge in [-0.15, -0.1) is 10.2 Å². The van der Waals surface area contributed by atoms with E-state index in [1.165, 1.54) is 0 Å². The number of anilines is 2. The maximum absolute atomic E-state index is 5.84. The molecule has 98 valence electrons. The summed E-state index contributed by atoms with van der Waals surface area (Å²) >= 11 is 0. The van der Waals surface area contributed by atoms with Crippen molar-refractivity contribution in [3.05, 3.63) is 36.7 Å². The van der Waals surface area contributed by atoms with Crippen LogP contribution in [0, 0.1) is 0 Å². The molecule has 0 spiro atoms. The summed E-state index contributed by atoms with van der Waals surface area (Å²) in [5.74, 6) is 0.529. The Morgan fingerprint density at radius 2 is 1.95 bits per heavy atom. The number of nitrogens with two attached hydrogens (primary N) is 2. The van der Waals surface area contributed by atoms with Crippen LogP contribution in [0.3, 0.4) is 0 Å². The number of nitrogen functional groups attached to an aromatic ring is 2. The summed E-state index contributed by atoms with van der Waals surface area (Å²) in [4.78, 5) is 0. The van der Waals surface area contributed by atoms with Crippen LogP contribution in [0.1, 0.15) is 0 Å². The Bertz CT molecular complexity index is 624. The predicted octanol–water partition coefficient (Wildman–Crippen LogP) is 2.10. The summed E-state index contributed by atoms with van der Waals surface area (Å²) in [5.41, 5.74) is 13.8. The fourth-order valence-electron chi connectivity index (χ4n) is 1.61. The molecular formula is C13H16N5O+. The first-order valence-electron chi connectivity index (χ1n) is 5.70. The van der Waals surface area contributed by atoms with E-state index in [0.717, 1.165) is 5.69 Å². The highest BCUT2D eigenvalue weighted by molar-refractivity contribution is 5.73. The van der Waals surface area contributed by atoms with Gasteiger partial charge in [0.1, 0.15) is 24.2 Å². The van der Waals surface area contributed by atoms with Crippen LogP contribution in [-0.4, -0.2) is 7.11 Å². The summed E-state index contributed by atoms with van der Waals surface area (Å²) in [6, 6.07) is 7.02. The van der Waals surface area contributed by atoms with Crippen LogP contribution in [0.25, 0.3) is 0 Å². The lowest BCUT2D eigenvalue weighted by Crippen LogP contribution is -2.25. The number of ether oxygens (including phenoxy) is 1. The van der Waals surface area contributed by atoms with Crippen molar-refractivity contribution >= 4 is 22.7 Å². The maximum atomic E-state index is 5.84. The van der Waals surface area contributed by atoms with Gasteiger partial charge in [-0.05, 0) is 12.1 Å². The van der Waals surface area contributed by atoms with Gasteiger partial charge in [-0.25, -0.2) is 4.57 Å². The van der Waals surface area contributed by atoms with Gasteiger partial charge >= 0.3 is 0 Å². The van der Waals surface area contributed by atoms with Crippen LogP contribution in [0.4, 0.5) is 22.7 Å². The van der Waals surface area contributed by atoms with Crippen molar-refractivity contribution in [3.63, 3.8) is 0 Å². The highest BCUT2D eigenvalue weighted by Gasteiger charge is 2.06. The van der Waals surface area contributed by atoms with Crippen LogP contribution in [0.15, 0.2) is 46.9 Å². The number of aryl methyl sites for hydroxylation is 1. The summed E-state index contributed by atoms with van der Waals surface area (Å²) < 4.78 is 7.02. The van der Waals surface area contributed by atoms with Crippen LogP contribution in [-0.2, 0) is 7.05 Å². The highest BCUT2D eigenvalue weighted by atomic mass is 16.5. The van der Waals surface area contributed by atoms with Gasteiger partial charge in [0.2, 0.25) is 0 Å². The molecule has 0 radical (unpaired) electrons. The number of methoxy groups -OCH3 is 1. The Morgan fingerprint density at radius 1 is 1.16 bits per heavy atom. The molecule has 0 amide bonds. The zero-order chi connectivity index (χ0) is 13.8.